The number of nitrogens with one attached hydrogen (secondary N) is 2. The number of hydrogen-bond donors (Lipinski definition) is 2. The number of para-hydroxylation sites is 1. The van der Waals surface area contributed by atoms with Crippen LogP contribution in [0.3, 0.4) is 0 Å². The molecule has 0 aliphatic rings. The van der Waals surface area contributed by atoms with Crippen LogP contribution in [0.25, 0.3) is 11.0 Å². The summed E-state index contributed by atoms with van der Waals surface area (Å²) in [4.78, 5) is 17.0. The third-order valence-corrected chi connectivity index (χ3v) is 1.64. The number of nitrogens with zero attached hydrogens (tertiary/aromatic N) is 1. The number of aromatic amines is 1. The van der Waals surface area contributed by atoms with Crippen LogP contribution < -0.4 is 5.32 Å². The summed E-state index contributed by atoms with van der Waals surface area (Å²) in [5, 5.41) is 2.45. The fraction of sp³-hybridized carbons (Fsp3) is 0. The van der Waals surface area contributed by atoms with Gasteiger partial charge in [-0.2, -0.15) is 0 Å². The summed E-state index contributed by atoms with van der Waals surface area (Å²) in [6.45, 7) is 0. The van der Waals surface area contributed by atoms with Crippen molar-refractivity contribution in [3.63, 3.8) is 0 Å². The van der Waals surface area contributed by atoms with Crippen molar-refractivity contribution >= 4 is 23.1 Å². The number of rotatable bonds is 2. The molecule has 12 heavy (non-hydrogen) atoms. The molecule has 0 unspecified atom stereocenters. The minimum atomic E-state index is 0.670. The first-order valence-corrected chi connectivity index (χ1v) is 3.47. The molecule has 0 saturated heterocycles. The van der Waals surface area contributed by atoms with Crippen LogP contribution in [-0.4, -0.2) is 16.4 Å². The lowest BCUT2D eigenvalue weighted by molar-refractivity contribution is 0.561. The van der Waals surface area contributed by atoms with E-state index >= 15 is 0 Å². The van der Waals surface area contributed by atoms with Gasteiger partial charge in [0.05, 0.1) is 17.5 Å². The maximum absolute atomic E-state index is 10.1. The summed E-state index contributed by atoms with van der Waals surface area (Å²) >= 11 is 0. The monoisotopic (exact) mass is 160 g/mol. The highest BCUT2D eigenvalue weighted by Crippen LogP contribution is 2.18. The van der Waals surface area contributed by atoms with Gasteiger partial charge in [-0.15, -0.1) is 0 Å². The first-order valence-electron chi connectivity index (χ1n) is 3.47. The summed E-state index contributed by atoms with van der Waals surface area (Å²) < 4.78 is 0. The first-order chi connectivity index (χ1) is 5.92. The Morgan fingerprint density at radius 2 is 2.42 bits per heavy atom. The highest BCUT2D eigenvalue weighted by atomic mass is 16.1. The number of anilines is 1. The molecule has 0 fully saturated rings. The SMILES string of the molecule is O=[C]Nc1cccc2[nH]cnc12. The largest absolute Gasteiger partial charge is 0.345 e. The molecule has 0 aliphatic carbocycles. The number of benzene rings is 1. The van der Waals surface area contributed by atoms with Gasteiger partial charge in [0.15, 0.2) is 0 Å². The lowest BCUT2D eigenvalue weighted by Gasteiger charge is -1.96. The molecule has 2 N–H and O–H groups in total. The molecule has 0 bridgehead atoms. The third-order valence-electron chi connectivity index (χ3n) is 1.64. The van der Waals surface area contributed by atoms with E-state index in [-0.39, 0.29) is 0 Å². The Labute approximate surface area is 68.6 Å². The maximum Gasteiger partial charge on any atom is 0.314 e. The summed E-state index contributed by atoms with van der Waals surface area (Å²) in [6, 6.07) is 5.49. The van der Waals surface area contributed by atoms with Gasteiger partial charge in [-0.25, -0.2) is 4.98 Å². The van der Waals surface area contributed by atoms with Gasteiger partial charge < -0.3 is 10.3 Å². The van der Waals surface area contributed by atoms with E-state index < -0.39 is 0 Å². The van der Waals surface area contributed by atoms with Crippen LogP contribution in [0, 0.1) is 0 Å². The molecule has 0 spiro atoms. The van der Waals surface area contributed by atoms with Crippen molar-refractivity contribution in [2.75, 3.05) is 5.32 Å². The number of hydrogen-bond acceptors (Lipinski definition) is 2. The Bertz CT molecular complexity index is 407. The predicted molar refractivity (Wildman–Crippen MR) is 45.4 cm³/mol. The predicted octanol–water partition coefficient (Wildman–Crippen LogP) is 1.04. The highest BCUT2D eigenvalue weighted by molar-refractivity contribution is 5.92. The third kappa shape index (κ3) is 0.934. The zero-order valence-electron chi connectivity index (χ0n) is 6.16. The van der Waals surface area contributed by atoms with Gasteiger partial charge in [0.2, 0.25) is 0 Å². The number of carbonyl (C=O) groups excluding carboxylic acids is 1. The van der Waals surface area contributed by atoms with E-state index in [0.29, 0.717) is 5.69 Å². The summed E-state index contributed by atoms with van der Waals surface area (Å²) in [5.74, 6) is 0. The topological polar surface area (TPSA) is 57.8 Å². The Morgan fingerprint density at radius 1 is 1.50 bits per heavy atom. The van der Waals surface area contributed by atoms with Gasteiger partial charge >= 0.3 is 6.41 Å². The molecule has 4 nitrogen and oxygen atoms in total. The summed E-state index contributed by atoms with van der Waals surface area (Å²) in [5.41, 5.74) is 2.32. The molecule has 0 saturated carbocycles. The molecule has 1 aromatic heterocycles. The number of aromatic nitrogens is 2. The van der Waals surface area contributed by atoms with E-state index in [4.69, 9.17) is 0 Å². The van der Waals surface area contributed by atoms with Crippen molar-refractivity contribution in [1.29, 1.82) is 0 Å². The van der Waals surface area contributed by atoms with E-state index in [1.54, 1.807) is 18.8 Å². The van der Waals surface area contributed by atoms with E-state index in [9.17, 15) is 4.79 Å². The number of imidazole rings is 1. The van der Waals surface area contributed by atoms with Gasteiger partial charge in [-0.1, -0.05) is 6.07 Å². The van der Waals surface area contributed by atoms with Crippen LogP contribution in [0.5, 0.6) is 0 Å². The van der Waals surface area contributed by atoms with Crippen LogP contribution in [0.2, 0.25) is 0 Å². The van der Waals surface area contributed by atoms with Crippen LogP contribution in [-0.2, 0) is 4.79 Å². The average Bonchev–Trinajstić information content (AvgIpc) is 2.53. The number of amides is 1. The second-order valence-corrected chi connectivity index (χ2v) is 2.33. The molecule has 1 radical (unpaired) electrons. The summed E-state index contributed by atoms with van der Waals surface area (Å²) in [7, 11) is 0. The molecule has 1 heterocycles. The van der Waals surface area contributed by atoms with E-state index in [0.717, 1.165) is 11.0 Å². The summed E-state index contributed by atoms with van der Waals surface area (Å²) in [6.07, 6.45) is 3.20. The minimum absolute atomic E-state index is 0.670. The Morgan fingerprint density at radius 3 is 3.25 bits per heavy atom. The highest BCUT2D eigenvalue weighted by Gasteiger charge is 2.00. The minimum Gasteiger partial charge on any atom is -0.345 e. The van der Waals surface area contributed by atoms with E-state index in [1.807, 2.05) is 12.1 Å². The van der Waals surface area contributed by atoms with Crippen LogP contribution >= 0.6 is 0 Å². The number of H-pyrrole nitrogens is 1. The van der Waals surface area contributed by atoms with Gasteiger partial charge in [0.1, 0.15) is 5.52 Å². The quantitative estimate of drug-likeness (QED) is 0.645. The van der Waals surface area contributed by atoms with E-state index in [1.165, 1.54) is 0 Å². The first kappa shape index (κ1) is 6.84. The Hall–Kier alpha value is -1.84. The molecule has 0 atom stereocenters. The molecule has 2 aromatic rings. The van der Waals surface area contributed by atoms with Crippen molar-refractivity contribution in [3.8, 4) is 0 Å². The van der Waals surface area contributed by atoms with Crippen LogP contribution in [0.1, 0.15) is 0 Å². The van der Waals surface area contributed by atoms with Crippen molar-refractivity contribution in [2.24, 2.45) is 0 Å². The molecule has 2 rings (SSSR count). The number of fused-ring (bicyclic) bond motifs is 1. The fourth-order valence-electron chi connectivity index (χ4n) is 1.12. The Balaban J connectivity index is 2.65. The van der Waals surface area contributed by atoms with Gasteiger partial charge in [0, 0.05) is 0 Å². The van der Waals surface area contributed by atoms with Gasteiger partial charge in [-0.05, 0) is 12.1 Å². The van der Waals surface area contributed by atoms with Crippen LogP contribution in [0.4, 0.5) is 5.69 Å². The fourth-order valence-corrected chi connectivity index (χ4v) is 1.12. The molecule has 0 aliphatic heterocycles. The van der Waals surface area contributed by atoms with Crippen molar-refractivity contribution in [3.05, 3.63) is 24.5 Å². The molecule has 1 amide bonds. The molecular formula is C8H6N3O. The average molecular weight is 160 g/mol. The zero-order valence-corrected chi connectivity index (χ0v) is 6.16. The standard InChI is InChI=1S/C8H6N3O/c12-5-11-7-3-1-2-6-8(7)10-4-9-6/h1-4H,(H,9,10)(H,11,12). The van der Waals surface area contributed by atoms with Crippen molar-refractivity contribution < 1.29 is 4.79 Å². The molecular weight excluding hydrogens is 154 g/mol. The van der Waals surface area contributed by atoms with Crippen molar-refractivity contribution in [2.45, 2.75) is 0 Å². The van der Waals surface area contributed by atoms with Crippen LogP contribution in [0.15, 0.2) is 24.5 Å². The molecule has 1 aromatic carbocycles. The van der Waals surface area contributed by atoms with Crippen molar-refractivity contribution in [1.82, 2.24) is 9.97 Å². The van der Waals surface area contributed by atoms with Gasteiger partial charge in [-0.3, -0.25) is 4.79 Å². The van der Waals surface area contributed by atoms with E-state index in [2.05, 4.69) is 15.3 Å². The maximum atomic E-state index is 10.1. The van der Waals surface area contributed by atoms with Gasteiger partial charge in [0.25, 0.3) is 0 Å². The second-order valence-electron chi connectivity index (χ2n) is 2.33. The smallest absolute Gasteiger partial charge is 0.314 e. The molecule has 59 valence electrons. The normalized spacial score (nSPS) is 10.0. The lowest BCUT2D eigenvalue weighted by Crippen LogP contribution is -1.93. The zero-order chi connectivity index (χ0) is 8.39. The second kappa shape index (κ2) is 2.65. The lowest BCUT2D eigenvalue weighted by atomic mass is 10.3. The Kier molecular flexibility index (Phi) is 1.51. The molecule has 4 heteroatoms.